The topological polar surface area (TPSA) is 83.5 Å². The average molecular weight is 444 g/mol. The highest BCUT2D eigenvalue weighted by atomic mass is 79.9. The molecule has 0 radical (unpaired) electrons. The summed E-state index contributed by atoms with van der Waals surface area (Å²) in [6.45, 7) is 0. The molecule has 28 heavy (non-hydrogen) atoms. The van der Waals surface area contributed by atoms with Crippen molar-refractivity contribution in [2.24, 2.45) is 5.41 Å². The molecule has 0 saturated heterocycles. The monoisotopic (exact) mass is 443 g/mol. The van der Waals surface area contributed by atoms with E-state index in [1.165, 1.54) is 0 Å². The van der Waals surface area contributed by atoms with Gasteiger partial charge in [0.15, 0.2) is 5.78 Å². The van der Waals surface area contributed by atoms with Gasteiger partial charge in [0.25, 0.3) is 0 Å². The van der Waals surface area contributed by atoms with Crippen LogP contribution in [0.4, 0.5) is 5.69 Å². The number of benzene rings is 2. The Labute approximate surface area is 172 Å². The fourth-order valence-electron chi connectivity index (χ4n) is 3.96. The van der Waals surface area contributed by atoms with Crippen molar-refractivity contribution in [3.8, 4) is 0 Å². The Morgan fingerprint density at radius 2 is 1.68 bits per heavy atom. The third-order valence-corrected chi connectivity index (χ3v) is 5.76. The van der Waals surface area contributed by atoms with E-state index in [-0.39, 0.29) is 24.5 Å². The first kappa shape index (κ1) is 20.3. The van der Waals surface area contributed by atoms with Gasteiger partial charge in [-0.25, -0.2) is 0 Å². The van der Waals surface area contributed by atoms with E-state index in [0.717, 1.165) is 30.2 Å². The lowest BCUT2D eigenvalue weighted by Crippen LogP contribution is -2.28. The molecule has 2 N–H and O–H groups in total. The van der Waals surface area contributed by atoms with Crippen LogP contribution in [0.1, 0.15) is 54.4 Å². The van der Waals surface area contributed by atoms with Gasteiger partial charge in [-0.05, 0) is 36.5 Å². The molecule has 6 heteroatoms. The largest absolute Gasteiger partial charge is 0.481 e. The van der Waals surface area contributed by atoms with Crippen LogP contribution in [0, 0.1) is 5.41 Å². The number of aliphatic carboxylic acids is 1. The minimum absolute atomic E-state index is 0.00341. The average Bonchev–Trinajstić information content (AvgIpc) is 3.10. The summed E-state index contributed by atoms with van der Waals surface area (Å²) >= 11 is 3.38. The van der Waals surface area contributed by atoms with Crippen molar-refractivity contribution in [3.05, 3.63) is 64.1 Å². The van der Waals surface area contributed by atoms with Crippen LogP contribution >= 0.6 is 15.9 Å². The van der Waals surface area contributed by atoms with E-state index < -0.39 is 11.4 Å². The number of hydrogen-bond donors (Lipinski definition) is 2. The predicted molar refractivity (Wildman–Crippen MR) is 110 cm³/mol. The standard InChI is InChI=1S/C22H22BrNO4/c23-16-8-9-18(17(12-16)21(28)15-6-2-1-3-7-15)24-19(25)13-22(14-20(26)27)10-4-5-11-22/h1-3,6-9,12H,4-5,10-11,13-14H2,(H,24,25)(H,26,27). The van der Waals surface area contributed by atoms with Crippen molar-refractivity contribution < 1.29 is 19.5 Å². The molecule has 1 aliphatic carbocycles. The maximum atomic E-state index is 12.9. The van der Waals surface area contributed by atoms with Gasteiger partial charge in [0, 0.05) is 22.0 Å². The Kier molecular flexibility index (Phi) is 6.29. The minimum atomic E-state index is -0.877. The molecular weight excluding hydrogens is 422 g/mol. The van der Waals surface area contributed by atoms with Gasteiger partial charge in [0.1, 0.15) is 0 Å². The number of nitrogens with one attached hydrogen (secondary N) is 1. The van der Waals surface area contributed by atoms with Crippen LogP contribution in [0.2, 0.25) is 0 Å². The molecule has 0 bridgehead atoms. The van der Waals surface area contributed by atoms with E-state index in [0.29, 0.717) is 16.8 Å². The number of hydrogen-bond acceptors (Lipinski definition) is 3. The molecule has 0 atom stereocenters. The number of carboxylic acids is 1. The molecule has 0 spiro atoms. The Morgan fingerprint density at radius 1 is 1.00 bits per heavy atom. The molecular formula is C22H22BrNO4. The van der Waals surface area contributed by atoms with Crippen LogP contribution in [0.3, 0.4) is 0 Å². The fraction of sp³-hybridized carbons (Fsp3) is 0.318. The van der Waals surface area contributed by atoms with Gasteiger partial charge < -0.3 is 10.4 Å². The number of amides is 1. The zero-order valence-corrected chi connectivity index (χ0v) is 17.0. The molecule has 0 unspecified atom stereocenters. The minimum Gasteiger partial charge on any atom is -0.481 e. The summed E-state index contributed by atoms with van der Waals surface area (Å²) in [6, 6.07) is 14.0. The molecule has 0 aliphatic heterocycles. The molecule has 0 heterocycles. The van der Waals surface area contributed by atoms with E-state index in [2.05, 4.69) is 21.2 Å². The Bertz CT molecular complexity index is 889. The highest BCUT2D eigenvalue weighted by Crippen LogP contribution is 2.44. The van der Waals surface area contributed by atoms with E-state index in [9.17, 15) is 19.5 Å². The third-order valence-electron chi connectivity index (χ3n) is 5.26. The summed E-state index contributed by atoms with van der Waals surface area (Å²) in [5.74, 6) is -1.32. The first-order chi connectivity index (χ1) is 13.4. The molecule has 1 aliphatic rings. The SMILES string of the molecule is O=C(O)CC1(CC(=O)Nc2ccc(Br)cc2C(=O)c2ccccc2)CCCC1. The third kappa shape index (κ3) is 4.87. The van der Waals surface area contributed by atoms with Crippen LogP contribution in [-0.4, -0.2) is 22.8 Å². The van der Waals surface area contributed by atoms with Gasteiger partial charge >= 0.3 is 5.97 Å². The summed E-state index contributed by atoms with van der Waals surface area (Å²) in [5.41, 5.74) is 0.877. The fourth-order valence-corrected chi connectivity index (χ4v) is 4.32. The maximum Gasteiger partial charge on any atom is 0.303 e. The normalized spacial score (nSPS) is 15.2. The van der Waals surface area contributed by atoms with Crippen molar-refractivity contribution in [1.29, 1.82) is 0 Å². The second-order valence-corrected chi connectivity index (χ2v) is 8.30. The predicted octanol–water partition coefficient (Wildman–Crippen LogP) is 5.04. The lowest BCUT2D eigenvalue weighted by Gasteiger charge is -2.26. The Morgan fingerprint density at radius 3 is 2.32 bits per heavy atom. The summed E-state index contributed by atoms with van der Waals surface area (Å²) < 4.78 is 0.739. The van der Waals surface area contributed by atoms with Gasteiger partial charge in [0.2, 0.25) is 5.91 Å². The molecule has 5 nitrogen and oxygen atoms in total. The second-order valence-electron chi connectivity index (χ2n) is 7.39. The lowest BCUT2D eigenvalue weighted by molar-refractivity contribution is -0.140. The zero-order valence-electron chi connectivity index (χ0n) is 15.4. The van der Waals surface area contributed by atoms with E-state index >= 15 is 0 Å². The number of ketones is 1. The highest BCUT2D eigenvalue weighted by molar-refractivity contribution is 9.10. The van der Waals surface area contributed by atoms with Gasteiger partial charge in [-0.2, -0.15) is 0 Å². The van der Waals surface area contributed by atoms with Crippen LogP contribution in [0.15, 0.2) is 53.0 Å². The smallest absolute Gasteiger partial charge is 0.303 e. The first-order valence-electron chi connectivity index (χ1n) is 9.29. The van der Waals surface area contributed by atoms with E-state index in [1.54, 1.807) is 42.5 Å². The van der Waals surface area contributed by atoms with Crippen LogP contribution in [0.25, 0.3) is 0 Å². The summed E-state index contributed by atoms with van der Waals surface area (Å²) in [7, 11) is 0. The highest BCUT2D eigenvalue weighted by Gasteiger charge is 2.38. The molecule has 1 fully saturated rings. The molecule has 0 aromatic heterocycles. The van der Waals surface area contributed by atoms with Crippen LogP contribution in [0.5, 0.6) is 0 Å². The van der Waals surface area contributed by atoms with Gasteiger partial charge in [-0.3, -0.25) is 14.4 Å². The number of rotatable bonds is 7. The first-order valence-corrected chi connectivity index (χ1v) is 10.1. The molecule has 1 saturated carbocycles. The van der Waals surface area contributed by atoms with Crippen molar-refractivity contribution in [2.45, 2.75) is 38.5 Å². The number of halogens is 1. The number of carbonyl (C=O) groups excluding carboxylic acids is 2. The van der Waals surface area contributed by atoms with E-state index in [1.807, 2.05) is 6.07 Å². The second kappa shape index (κ2) is 8.69. The van der Waals surface area contributed by atoms with Gasteiger partial charge in [0.05, 0.1) is 12.1 Å². The molecule has 146 valence electrons. The summed E-state index contributed by atoms with van der Waals surface area (Å²) in [6.07, 6.45) is 3.50. The van der Waals surface area contributed by atoms with Gasteiger partial charge in [-0.15, -0.1) is 0 Å². The number of carboxylic acid groups (broad SMARTS) is 1. The summed E-state index contributed by atoms with van der Waals surface area (Å²) in [4.78, 5) is 36.9. The van der Waals surface area contributed by atoms with Crippen LogP contribution in [-0.2, 0) is 9.59 Å². The van der Waals surface area contributed by atoms with Crippen molar-refractivity contribution >= 4 is 39.3 Å². The molecule has 1 amide bonds. The quantitative estimate of drug-likeness (QED) is 0.586. The van der Waals surface area contributed by atoms with Crippen LogP contribution < -0.4 is 5.32 Å². The molecule has 3 rings (SSSR count). The van der Waals surface area contributed by atoms with E-state index in [4.69, 9.17) is 0 Å². The van der Waals surface area contributed by atoms with Gasteiger partial charge in [-0.1, -0.05) is 59.1 Å². The zero-order chi connectivity index (χ0) is 20.1. The Balaban J connectivity index is 1.81. The van der Waals surface area contributed by atoms with Crippen molar-refractivity contribution in [2.75, 3.05) is 5.32 Å². The molecule has 2 aromatic rings. The summed E-state index contributed by atoms with van der Waals surface area (Å²) in [5, 5.41) is 12.1. The van der Waals surface area contributed by atoms with Crippen molar-refractivity contribution in [1.82, 2.24) is 0 Å². The lowest BCUT2D eigenvalue weighted by atomic mass is 9.79. The maximum absolute atomic E-state index is 12.9. The Hall–Kier alpha value is -2.47. The molecule has 2 aromatic carbocycles. The van der Waals surface area contributed by atoms with Crippen molar-refractivity contribution in [3.63, 3.8) is 0 Å². The number of anilines is 1. The number of carbonyl (C=O) groups is 3.